The number of fused-ring (bicyclic) bond motifs is 8. The van der Waals surface area contributed by atoms with Gasteiger partial charge in [0.1, 0.15) is 13.2 Å². The van der Waals surface area contributed by atoms with Crippen molar-refractivity contribution < 1.29 is 47.7 Å². The van der Waals surface area contributed by atoms with Gasteiger partial charge in [-0.05, 0) is 25.0 Å². The fourth-order valence-electron chi connectivity index (χ4n) is 10.2. The number of allylic oxidation sites excluding steroid dienone is 4. The van der Waals surface area contributed by atoms with Crippen LogP contribution in [0.1, 0.15) is 25.0 Å². The minimum Gasteiger partial charge on any atom is -0.449 e. The number of benzene rings is 1. The zero-order chi connectivity index (χ0) is 39.6. The molecule has 2 aliphatic carbocycles. The second-order valence-electron chi connectivity index (χ2n) is 15.4. The molecular formula is C38H42N8O10. The van der Waals surface area contributed by atoms with Gasteiger partial charge in [0.25, 0.3) is 0 Å². The highest BCUT2D eigenvalue weighted by atomic mass is 16.6. The summed E-state index contributed by atoms with van der Waals surface area (Å²) in [4.78, 5) is 83.0. The molecule has 18 nitrogen and oxygen atoms in total. The first-order valence-electron chi connectivity index (χ1n) is 18.5. The van der Waals surface area contributed by atoms with E-state index in [0.717, 1.165) is 11.1 Å². The number of carbonyl (C=O) groups is 6. The number of amides is 2. The quantitative estimate of drug-likeness (QED) is 0.106. The second-order valence-corrected chi connectivity index (χ2v) is 15.4. The molecule has 56 heavy (non-hydrogen) atoms. The van der Waals surface area contributed by atoms with Crippen LogP contribution in [-0.4, -0.2) is 121 Å². The monoisotopic (exact) mass is 770 g/mol. The molecule has 0 bridgehead atoms. The maximum absolute atomic E-state index is 14.2. The molecule has 2 amide bonds. The van der Waals surface area contributed by atoms with E-state index in [0.29, 0.717) is 13.1 Å². The zero-order valence-electron chi connectivity index (χ0n) is 31.1. The molecule has 294 valence electrons. The maximum Gasteiger partial charge on any atom is 0.404 e. The third kappa shape index (κ3) is 4.82. The number of ketones is 4. The Morgan fingerprint density at radius 1 is 0.696 bits per heavy atom. The van der Waals surface area contributed by atoms with Gasteiger partial charge in [0.15, 0.2) is 11.4 Å². The first-order valence-corrected chi connectivity index (χ1v) is 18.5. The van der Waals surface area contributed by atoms with Crippen molar-refractivity contribution in [1.82, 2.24) is 31.1 Å². The molecule has 0 aromatic heterocycles. The number of primary amides is 2. The van der Waals surface area contributed by atoms with E-state index in [-0.39, 0.29) is 119 Å². The van der Waals surface area contributed by atoms with Crippen molar-refractivity contribution in [2.45, 2.75) is 62.6 Å². The first kappa shape index (κ1) is 36.1. The van der Waals surface area contributed by atoms with E-state index in [9.17, 15) is 28.8 Å². The lowest BCUT2D eigenvalue weighted by molar-refractivity contribution is -0.137. The number of nitrogens with zero attached hydrogens (tertiary/aromatic N) is 2. The van der Waals surface area contributed by atoms with E-state index in [2.05, 4.69) is 21.3 Å². The first-order chi connectivity index (χ1) is 26.8. The fourth-order valence-corrected chi connectivity index (χ4v) is 10.2. The third-order valence-corrected chi connectivity index (χ3v) is 12.8. The number of rotatable bonds is 12. The molecule has 0 radical (unpaired) electrons. The van der Waals surface area contributed by atoms with Crippen molar-refractivity contribution in [2.24, 2.45) is 23.3 Å². The Labute approximate surface area is 320 Å². The van der Waals surface area contributed by atoms with E-state index in [1.54, 1.807) is 13.8 Å². The number of ether oxygens (including phenoxy) is 4. The van der Waals surface area contributed by atoms with Crippen molar-refractivity contribution in [1.29, 1.82) is 0 Å². The molecule has 1 aromatic rings. The summed E-state index contributed by atoms with van der Waals surface area (Å²) in [5.74, 6) is -2.83. The van der Waals surface area contributed by atoms with Crippen LogP contribution in [0.15, 0.2) is 69.3 Å². The van der Waals surface area contributed by atoms with Gasteiger partial charge in [-0.25, -0.2) is 9.59 Å². The summed E-state index contributed by atoms with van der Waals surface area (Å²) in [5, 5.41) is 13.0. The normalized spacial score (nSPS) is 33.4. The van der Waals surface area contributed by atoms with Crippen molar-refractivity contribution in [3.05, 3.63) is 80.5 Å². The summed E-state index contributed by atoms with van der Waals surface area (Å²) >= 11 is 0. The van der Waals surface area contributed by atoms with Crippen molar-refractivity contribution in [3.63, 3.8) is 0 Å². The number of nitrogens with two attached hydrogens (primary N) is 2. The van der Waals surface area contributed by atoms with Crippen LogP contribution in [0, 0.1) is 11.8 Å². The predicted molar refractivity (Wildman–Crippen MR) is 192 cm³/mol. The Bertz CT molecular complexity index is 2030. The predicted octanol–water partition coefficient (Wildman–Crippen LogP) is -1.33. The van der Waals surface area contributed by atoms with Crippen LogP contribution in [-0.2, 0) is 51.2 Å². The average molecular weight is 771 g/mol. The highest BCUT2D eigenvalue weighted by molar-refractivity contribution is 6.26. The lowest BCUT2D eigenvalue weighted by atomic mass is 9.82. The van der Waals surface area contributed by atoms with Gasteiger partial charge >= 0.3 is 12.2 Å². The number of hydrogen-bond donors (Lipinski definition) is 6. The Hall–Kier alpha value is -5.56. The number of Topliss-reactive ketones (excluding diaryl/α,β-unsaturated/α-hetero) is 4. The molecule has 0 unspecified atom stereocenters. The zero-order valence-corrected chi connectivity index (χ0v) is 31.1. The summed E-state index contributed by atoms with van der Waals surface area (Å²) in [6.07, 6.45) is -1.98. The molecule has 8 N–H and O–H groups in total. The summed E-state index contributed by atoms with van der Waals surface area (Å²) in [7, 11) is 3.04. The molecule has 8 aliphatic rings. The molecule has 6 heterocycles. The number of methoxy groups -OCH3 is 2. The molecule has 0 saturated carbocycles. The van der Waals surface area contributed by atoms with E-state index in [1.807, 2.05) is 34.1 Å². The number of hydrogen-bond acceptors (Lipinski definition) is 16. The van der Waals surface area contributed by atoms with Gasteiger partial charge in [-0.3, -0.25) is 19.2 Å². The van der Waals surface area contributed by atoms with Gasteiger partial charge in [-0.15, -0.1) is 0 Å². The second kappa shape index (κ2) is 12.5. The number of piperazine rings is 2. The van der Waals surface area contributed by atoms with Crippen molar-refractivity contribution in [3.8, 4) is 0 Å². The lowest BCUT2D eigenvalue weighted by Crippen LogP contribution is -2.55. The molecule has 8 atom stereocenters. The Balaban J connectivity index is 0.886. The minimum absolute atomic E-state index is 0.0837. The molecule has 4 fully saturated rings. The third-order valence-electron chi connectivity index (χ3n) is 12.8. The molecule has 18 heteroatoms. The van der Waals surface area contributed by atoms with Crippen LogP contribution in [0.5, 0.6) is 0 Å². The molecule has 0 spiro atoms. The van der Waals surface area contributed by atoms with Gasteiger partial charge < -0.3 is 61.5 Å². The molecular weight excluding hydrogens is 728 g/mol. The molecule has 1 aromatic carbocycles. The molecule has 6 aliphatic heterocycles. The van der Waals surface area contributed by atoms with E-state index in [1.165, 1.54) is 14.2 Å². The highest BCUT2D eigenvalue weighted by Gasteiger charge is 2.74. The summed E-state index contributed by atoms with van der Waals surface area (Å²) in [6, 6.07) is 7.28. The highest BCUT2D eigenvalue weighted by Crippen LogP contribution is 2.57. The maximum atomic E-state index is 14.2. The average Bonchev–Trinajstić information content (AvgIpc) is 4.01. The summed E-state index contributed by atoms with van der Waals surface area (Å²) in [5.41, 5.74) is 12.0. The Kier molecular flexibility index (Phi) is 8.04. The van der Waals surface area contributed by atoms with Gasteiger partial charge in [-0.1, -0.05) is 24.3 Å². The SMILES string of the molecule is CO[C@@]12[C@H](COC(N)=O)C3=C(C(=O)C(C)=C(NCc4ccc(CNC5=C(C)C(=O)C6=C(C5=O)[C@@H](COC(N)=O)[C@@]5(OC)[C@H]7N[C@H]7CN65)cc4)C3=O)N1C[C@@H]1N[C@@H]12. The van der Waals surface area contributed by atoms with Crippen LogP contribution >= 0.6 is 0 Å². The van der Waals surface area contributed by atoms with Crippen LogP contribution in [0.2, 0.25) is 0 Å². The minimum atomic E-state index is -1.07. The van der Waals surface area contributed by atoms with Crippen molar-refractivity contribution in [2.75, 3.05) is 40.5 Å². The molecule has 4 saturated heterocycles. The number of carbonyl (C=O) groups excluding carboxylic acids is 6. The van der Waals surface area contributed by atoms with Gasteiger partial charge in [-0.2, -0.15) is 0 Å². The summed E-state index contributed by atoms with van der Waals surface area (Å²) in [6.45, 7) is 4.14. The lowest BCUT2D eigenvalue weighted by Gasteiger charge is -2.39. The van der Waals surface area contributed by atoms with Gasteiger partial charge in [0.2, 0.25) is 23.1 Å². The molecule has 9 rings (SSSR count). The van der Waals surface area contributed by atoms with E-state index in [4.69, 9.17) is 30.4 Å². The van der Waals surface area contributed by atoms with Crippen LogP contribution in [0.4, 0.5) is 9.59 Å². The topological polar surface area (TPSA) is 266 Å². The summed E-state index contributed by atoms with van der Waals surface area (Å²) < 4.78 is 22.5. The van der Waals surface area contributed by atoms with Gasteiger partial charge in [0, 0.05) is 74.8 Å². The fraction of sp³-hybridized carbons (Fsp3) is 0.474. The number of nitrogens with one attached hydrogen (secondary N) is 4. The van der Waals surface area contributed by atoms with Crippen LogP contribution in [0.25, 0.3) is 0 Å². The Morgan fingerprint density at radius 2 is 1.07 bits per heavy atom. The van der Waals surface area contributed by atoms with E-state index < -0.39 is 35.5 Å². The van der Waals surface area contributed by atoms with E-state index >= 15 is 0 Å². The standard InChI is InChI=1S/C38H42N8O10/c1-15-25(31(49)23-19(13-55-35(39)51)37(53-3)33-21(43-33)11-45(37)27(23)29(15)47)41-9-17-5-7-18(8-6-17)10-42-26-16(2)30(48)28-24(32(26)50)20(14-56-36(40)52)38(54-4)34-22(44-34)12-46(28)38/h5-8,19-22,33-34,41-44H,9-14H2,1-4H3,(H2,39,51)(H2,40,52)/t19-,20-,21+,22+,33+,34+,37-,38-/m1/s1. The van der Waals surface area contributed by atoms with Crippen molar-refractivity contribution >= 4 is 35.3 Å². The smallest absolute Gasteiger partial charge is 0.404 e. The van der Waals surface area contributed by atoms with Crippen LogP contribution < -0.4 is 32.7 Å². The van der Waals surface area contributed by atoms with Crippen LogP contribution in [0.3, 0.4) is 0 Å². The largest absolute Gasteiger partial charge is 0.449 e. The Morgan fingerprint density at radius 3 is 1.41 bits per heavy atom. The van der Waals surface area contributed by atoms with Gasteiger partial charge in [0.05, 0.1) is 46.7 Å².